The number of aldehydes is 2. The van der Waals surface area contributed by atoms with Crippen LogP contribution in [0.5, 0.6) is 11.5 Å². The molecule has 0 amide bonds. The minimum Gasteiger partial charge on any atom is -0.516 e. The summed E-state index contributed by atoms with van der Waals surface area (Å²) < 4.78 is 5.99. The third-order valence-corrected chi connectivity index (χ3v) is 6.28. The van der Waals surface area contributed by atoms with E-state index in [0.29, 0.717) is 22.6 Å². The van der Waals surface area contributed by atoms with E-state index >= 15 is 0 Å². The predicted molar refractivity (Wildman–Crippen MR) is 172 cm³/mol. The van der Waals surface area contributed by atoms with E-state index < -0.39 is 0 Å². The second-order valence-corrected chi connectivity index (χ2v) is 9.21. The van der Waals surface area contributed by atoms with Crippen LogP contribution < -0.4 is 4.74 Å². The first-order valence-corrected chi connectivity index (χ1v) is 13.3. The molecule has 1 N–H and O–H groups in total. The van der Waals surface area contributed by atoms with Gasteiger partial charge >= 0.3 is 0 Å². The van der Waals surface area contributed by atoms with Crippen LogP contribution in [0.15, 0.2) is 152 Å². The first kappa shape index (κ1) is 29.2. The number of carbonyl (C=O) groups is 2. The Morgan fingerprint density at radius 1 is 0.690 bits per heavy atom. The van der Waals surface area contributed by atoms with Gasteiger partial charge in [-0.2, -0.15) is 0 Å². The van der Waals surface area contributed by atoms with Gasteiger partial charge in [0, 0.05) is 11.1 Å². The summed E-state index contributed by atoms with van der Waals surface area (Å²) in [5, 5.41) is 8.79. The highest BCUT2D eigenvalue weighted by Crippen LogP contribution is 2.27. The van der Waals surface area contributed by atoms with E-state index in [0.717, 1.165) is 52.2 Å². The highest BCUT2D eigenvalue weighted by atomic mass is 16.5. The van der Waals surface area contributed by atoms with E-state index in [-0.39, 0.29) is 0 Å². The second kappa shape index (κ2) is 15.2. The van der Waals surface area contributed by atoms with Crippen LogP contribution in [0.25, 0.3) is 28.9 Å². The lowest BCUT2D eigenvalue weighted by Gasteiger charge is -2.09. The average molecular weight is 551 g/mol. The van der Waals surface area contributed by atoms with Crippen molar-refractivity contribution < 1.29 is 19.4 Å². The molecule has 0 fully saturated rings. The Labute approximate surface area is 246 Å². The number of aliphatic hydroxyl groups is 1. The van der Waals surface area contributed by atoms with Gasteiger partial charge in [-0.3, -0.25) is 9.59 Å². The third-order valence-electron chi connectivity index (χ3n) is 6.28. The maximum absolute atomic E-state index is 11.2. The number of hydrogen-bond donors (Lipinski definition) is 1. The van der Waals surface area contributed by atoms with Crippen molar-refractivity contribution in [2.45, 2.75) is 0 Å². The molecule has 4 nitrogen and oxygen atoms in total. The summed E-state index contributed by atoms with van der Waals surface area (Å²) in [5.41, 5.74) is 7.15. The summed E-state index contributed by atoms with van der Waals surface area (Å²) in [6, 6.07) is 31.1. The zero-order valence-electron chi connectivity index (χ0n) is 23.0. The van der Waals surface area contributed by atoms with Gasteiger partial charge in [-0.05, 0) is 88.0 Å². The molecule has 206 valence electrons. The number of allylic oxidation sites excluding steroid dienone is 8. The molecule has 0 unspecified atom stereocenters. The number of ether oxygens (including phenoxy) is 1. The molecule has 0 saturated carbocycles. The number of hydrogen-bond acceptors (Lipinski definition) is 4. The van der Waals surface area contributed by atoms with Crippen LogP contribution >= 0.6 is 0 Å². The standard InChI is InChI=1S/C38H30O4/c1-2-6-33(36-10-4-11-38(26-36)42-37-22-17-32(28-41)18-23-37)19-14-29-15-20-34(21-16-29)35-9-3-7-30(25-35)12-13-31(27-40)8-5-24-39/h2-28,39H,1H2/b13-12-,19-14-,24-5+,31-8+,33-6+. The number of benzene rings is 4. The summed E-state index contributed by atoms with van der Waals surface area (Å²) in [4.78, 5) is 22.1. The van der Waals surface area contributed by atoms with E-state index in [1.54, 1.807) is 36.4 Å². The summed E-state index contributed by atoms with van der Waals surface area (Å²) in [7, 11) is 0. The van der Waals surface area contributed by atoms with Gasteiger partial charge in [0.05, 0.1) is 6.26 Å². The van der Waals surface area contributed by atoms with Crippen LogP contribution in [-0.4, -0.2) is 17.7 Å². The van der Waals surface area contributed by atoms with E-state index in [1.165, 1.54) is 12.2 Å². The minimum atomic E-state index is 0.455. The average Bonchev–Trinajstić information content (AvgIpc) is 3.04. The molecule has 0 heterocycles. The first-order valence-electron chi connectivity index (χ1n) is 13.3. The van der Waals surface area contributed by atoms with Gasteiger partial charge in [-0.1, -0.05) is 97.6 Å². The van der Waals surface area contributed by atoms with Gasteiger partial charge in [0.1, 0.15) is 24.1 Å². The van der Waals surface area contributed by atoms with Crippen LogP contribution in [0.1, 0.15) is 27.0 Å². The third kappa shape index (κ3) is 8.38. The fourth-order valence-electron chi connectivity index (χ4n) is 4.14. The Balaban J connectivity index is 1.48. The molecular formula is C38H30O4. The van der Waals surface area contributed by atoms with Crippen molar-refractivity contribution >= 4 is 30.3 Å². The monoisotopic (exact) mass is 550 g/mol. The molecule has 4 heteroatoms. The van der Waals surface area contributed by atoms with Gasteiger partial charge in [0.2, 0.25) is 0 Å². The molecule has 0 spiro atoms. The highest BCUT2D eigenvalue weighted by molar-refractivity contribution is 5.82. The number of aliphatic hydroxyl groups excluding tert-OH is 1. The fourth-order valence-corrected chi connectivity index (χ4v) is 4.14. The van der Waals surface area contributed by atoms with E-state index in [9.17, 15) is 9.59 Å². The van der Waals surface area contributed by atoms with Crippen molar-refractivity contribution in [2.75, 3.05) is 0 Å². The van der Waals surface area contributed by atoms with Gasteiger partial charge in [0.15, 0.2) is 0 Å². The molecule has 4 rings (SSSR count). The fraction of sp³-hybridized carbons (Fsp3) is 0. The maximum atomic E-state index is 11.2. The van der Waals surface area contributed by atoms with E-state index in [2.05, 4.69) is 43.0 Å². The summed E-state index contributed by atoms with van der Waals surface area (Å²) in [6.45, 7) is 3.87. The van der Waals surface area contributed by atoms with Crippen molar-refractivity contribution in [3.63, 3.8) is 0 Å². The molecule has 0 radical (unpaired) electrons. The van der Waals surface area contributed by atoms with Gasteiger partial charge in [0.25, 0.3) is 0 Å². The Morgan fingerprint density at radius 3 is 2.14 bits per heavy atom. The summed E-state index contributed by atoms with van der Waals surface area (Å²) >= 11 is 0. The van der Waals surface area contributed by atoms with Gasteiger partial charge in [-0.25, -0.2) is 0 Å². The summed E-state index contributed by atoms with van der Waals surface area (Å²) in [6.07, 6.45) is 16.8. The normalized spacial score (nSPS) is 12.2. The van der Waals surface area contributed by atoms with Gasteiger partial charge < -0.3 is 9.84 Å². The zero-order valence-corrected chi connectivity index (χ0v) is 23.0. The topological polar surface area (TPSA) is 63.6 Å². The molecule has 0 aromatic heterocycles. The Kier molecular flexibility index (Phi) is 10.6. The highest BCUT2D eigenvalue weighted by Gasteiger charge is 2.04. The minimum absolute atomic E-state index is 0.455. The summed E-state index contributed by atoms with van der Waals surface area (Å²) in [5.74, 6) is 1.35. The van der Waals surface area contributed by atoms with Crippen molar-refractivity contribution in [3.8, 4) is 22.6 Å². The van der Waals surface area contributed by atoms with Crippen molar-refractivity contribution in [1.82, 2.24) is 0 Å². The second-order valence-electron chi connectivity index (χ2n) is 9.21. The molecule has 42 heavy (non-hydrogen) atoms. The maximum Gasteiger partial charge on any atom is 0.150 e. The van der Waals surface area contributed by atoms with Crippen molar-refractivity contribution in [2.24, 2.45) is 0 Å². The molecule has 0 aliphatic rings. The smallest absolute Gasteiger partial charge is 0.150 e. The zero-order chi connectivity index (χ0) is 29.6. The SMILES string of the molecule is C=C/C=C(\C=C/c1ccc(-c2cccc(\C=C/C(C=O)=C\C=C\O)c2)cc1)c1cccc(Oc2ccc(C=O)cc2)c1. The molecular weight excluding hydrogens is 520 g/mol. The molecule has 0 atom stereocenters. The Morgan fingerprint density at radius 2 is 1.43 bits per heavy atom. The largest absolute Gasteiger partial charge is 0.516 e. The molecule has 0 bridgehead atoms. The molecule has 0 saturated heterocycles. The number of carbonyl (C=O) groups excluding carboxylic acids is 2. The lowest BCUT2D eigenvalue weighted by atomic mass is 10.00. The van der Waals surface area contributed by atoms with E-state index in [4.69, 9.17) is 9.84 Å². The molecule has 4 aromatic rings. The van der Waals surface area contributed by atoms with Crippen LogP contribution in [-0.2, 0) is 4.79 Å². The van der Waals surface area contributed by atoms with E-state index in [1.807, 2.05) is 60.7 Å². The molecule has 0 aliphatic heterocycles. The van der Waals surface area contributed by atoms with Crippen LogP contribution in [0.3, 0.4) is 0 Å². The van der Waals surface area contributed by atoms with Crippen LogP contribution in [0.4, 0.5) is 0 Å². The quantitative estimate of drug-likeness (QED) is 0.0826. The van der Waals surface area contributed by atoms with Crippen LogP contribution in [0, 0.1) is 0 Å². The van der Waals surface area contributed by atoms with Crippen molar-refractivity contribution in [1.29, 1.82) is 0 Å². The number of rotatable bonds is 12. The molecule has 0 aliphatic carbocycles. The lowest BCUT2D eigenvalue weighted by Crippen LogP contribution is -1.88. The Hall–Kier alpha value is -5.74. The lowest BCUT2D eigenvalue weighted by molar-refractivity contribution is -0.104. The Bertz CT molecular complexity index is 1680. The van der Waals surface area contributed by atoms with Gasteiger partial charge in [-0.15, -0.1) is 0 Å². The first-order chi connectivity index (χ1) is 20.6. The van der Waals surface area contributed by atoms with Crippen molar-refractivity contribution in [3.05, 3.63) is 174 Å². The predicted octanol–water partition coefficient (Wildman–Crippen LogP) is 9.45. The molecule has 4 aromatic carbocycles. The van der Waals surface area contributed by atoms with Crippen LogP contribution in [0.2, 0.25) is 0 Å².